The number of methoxy groups -OCH3 is 1. The molecule has 0 spiro atoms. The minimum absolute atomic E-state index is 0.0115. The van der Waals surface area contributed by atoms with Gasteiger partial charge in [-0.1, -0.05) is 0 Å². The number of amidine groups is 1. The Labute approximate surface area is 107 Å². The summed E-state index contributed by atoms with van der Waals surface area (Å²) in [5, 5.41) is 16.5. The fourth-order valence-electron chi connectivity index (χ4n) is 1.63. The molecule has 0 fully saturated rings. The van der Waals surface area contributed by atoms with Crippen LogP contribution in [0.25, 0.3) is 0 Å². The Hall–Kier alpha value is -1.66. The fourth-order valence-corrected chi connectivity index (χ4v) is 1.63. The number of aryl methyl sites for hydroxylation is 1. The number of nitrogens with zero attached hydrogens (tertiary/aromatic N) is 2. The van der Waals surface area contributed by atoms with Gasteiger partial charge in [-0.3, -0.25) is 5.41 Å². The highest BCUT2D eigenvalue weighted by Crippen LogP contribution is 2.14. The molecule has 0 aliphatic rings. The van der Waals surface area contributed by atoms with Crippen molar-refractivity contribution in [3.05, 3.63) is 23.4 Å². The van der Waals surface area contributed by atoms with Gasteiger partial charge in [0.05, 0.1) is 13.2 Å². The molecule has 0 atom stereocenters. The van der Waals surface area contributed by atoms with Crippen molar-refractivity contribution in [3.63, 3.8) is 0 Å². The van der Waals surface area contributed by atoms with E-state index in [0.29, 0.717) is 31.1 Å². The number of aliphatic hydroxyl groups excluding tert-OH is 1. The first kappa shape index (κ1) is 14.4. The van der Waals surface area contributed by atoms with Gasteiger partial charge in [-0.05, 0) is 19.1 Å². The normalized spacial score (nSPS) is 10.4. The summed E-state index contributed by atoms with van der Waals surface area (Å²) in [6, 6.07) is 3.51. The molecule has 6 nitrogen and oxygen atoms in total. The third-order valence-electron chi connectivity index (χ3n) is 2.51. The maximum atomic E-state index is 9.07. The van der Waals surface area contributed by atoms with E-state index in [2.05, 4.69) is 4.98 Å². The lowest BCUT2D eigenvalue weighted by Gasteiger charge is -2.23. The number of anilines is 1. The van der Waals surface area contributed by atoms with E-state index in [9.17, 15) is 0 Å². The highest BCUT2D eigenvalue weighted by Gasteiger charge is 2.10. The van der Waals surface area contributed by atoms with E-state index in [1.54, 1.807) is 19.2 Å². The average Bonchev–Trinajstić information content (AvgIpc) is 2.33. The summed E-state index contributed by atoms with van der Waals surface area (Å²) >= 11 is 0. The molecule has 0 saturated heterocycles. The summed E-state index contributed by atoms with van der Waals surface area (Å²) in [6.45, 7) is 3.53. The molecule has 18 heavy (non-hydrogen) atoms. The second-order valence-electron chi connectivity index (χ2n) is 3.97. The minimum atomic E-state index is 0.0115. The monoisotopic (exact) mass is 252 g/mol. The Bertz CT molecular complexity index is 409. The van der Waals surface area contributed by atoms with E-state index < -0.39 is 0 Å². The van der Waals surface area contributed by atoms with Crippen LogP contribution in [0.1, 0.15) is 11.3 Å². The third kappa shape index (κ3) is 3.97. The van der Waals surface area contributed by atoms with Crippen LogP contribution in [-0.2, 0) is 4.74 Å². The van der Waals surface area contributed by atoms with Crippen LogP contribution in [0.3, 0.4) is 0 Å². The molecule has 0 aliphatic carbocycles. The number of nitrogens with two attached hydrogens (primary N) is 1. The van der Waals surface area contributed by atoms with Gasteiger partial charge < -0.3 is 20.5 Å². The Morgan fingerprint density at radius 3 is 2.78 bits per heavy atom. The minimum Gasteiger partial charge on any atom is -0.395 e. The van der Waals surface area contributed by atoms with Crippen molar-refractivity contribution in [1.82, 2.24) is 4.98 Å². The Kier molecular flexibility index (Phi) is 5.54. The number of rotatable bonds is 7. The van der Waals surface area contributed by atoms with Crippen LogP contribution < -0.4 is 10.6 Å². The molecule has 0 aliphatic heterocycles. The van der Waals surface area contributed by atoms with Crippen LogP contribution in [0.4, 0.5) is 5.82 Å². The molecule has 0 radical (unpaired) electrons. The standard InChI is InChI=1S/C12H20N4O2/c1-9-7-10(12(13)14)8-11(15-9)16(3-5-17)4-6-18-2/h7-8,17H,3-6H2,1-2H3,(H3,13,14). The van der Waals surface area contributed by atoms with E-state index in [-0.39, 0.29) is 12.4 Å². The second-order valence-corrected chi connectivity index (χ2v) is 3.97. The topological polar surface area (TPSA) is 95.5 Å². The van der Waals surface area contributed by atoms with E-state index in [1.807, 2.05) is 11.8 Å². The number of pyridine rings is 1. The number of ether oxygens (including phenoxy) is 1. The molecule has 6 heteroatoms. The van der Waals surface area contributed by atoms with Crippen LogP contribution in [0.2, 0.25) is 0 Å². The van der Waals surface area contributed by atoms with Crippen molar-refractivity contribution in [2.24, 2.45) is 5.73 Å². The quantitative estimate of drug-likeness (QED) is 0.473. The lowest BCUT2D eigenvalue weighted by atomic mass is 10.2. The molecule has 4 N–H and O–H groups in total. The lowest BCUT2D eigenvalue weighted by molar-refractivity contribution is 0.202. The van der Waals surface area contributed by atoms with Crippen molar-refractivity contribution in [1.29, 1.82) is 5.41 Å². The number of hydrogen-bond donors (Lipinski definition) is 3. The van der Waals surface area contributed by atoms with Crippen LogP contribution in [0.15, 0.2) is 12.1 Å². The molecule has 1 rings (SSSR count). The highest BCUT2D eigenvalue weighted by atomic mass is 16.5. The van der Waals surface area contributed by atoms with Gasteiger partial charge in [-0.15, -0.1) is 0 Å². The van der Waals surface area contributed by atoms with Gasteiger partial charge in [0.25, 0.3) is 0 Å². The Morgan fingerprint density at radius 1 is 1.50 bits per heavy atom. The summed E-state index contributed by atoms with van der Waals surface area (Å²) < 4.78 is 5.03. The van der Waals surface area contributed by atoms with Crippen LogP contribution in [0, 0.1) is 12.3 Å². The van der Waals surface area contributed by atoms with Gasteiger partial charge in [0, 0.05) is 31.5 Å². The number of nitrogen functional groups attached to an aromatic ring is 1. The molecule has 0 saturated carbocycles. The molecule has 0 unspecified atom stereocenters. The molecule has 0 bridgehead atoms. The Balaban J connectivity index is 2.98. The highest BCUT2D eigenvalue weighted by molar-refractivity contribution is 5.95. The van der Waals surface area contributed by atoms with E-state index in [4.69, 9.17) is 21.0 Å². The summed E-state index contributed by atoms with van der Waals surface area (Å²) in [4.78, 5) is 6.30. The van der Waals surface area contributed by atoms with Crippen LogP contribution in [-0.4, -0.2) is 49.3 Å². The zero-order chi connectivity index (χ0) is 13.5. The summed E-state index contributed by atoms with van der Waals surface area (Å²) in [5.41, 5.74) is 6.92. The molecular weight excluding hydrogens is 232 g/mol. The first-order chi connectivity index (χ1) is 8.58. The van der Waals surface area contributed by atoms with E-state index >= 15 is 0 Å². The Morgan fingerprint density at radius 2 is 2.22 bits per heavy atom. The molecular formula is C12H20N4O2. The van der Waals surface area contributed by atoms with Gasteiger partial charge in [-0.25, -0.2) is 4.98 Å². The van der Waals surface area contributed by atoms with Crippen LogP contribution in [0.5, 0.6) is 0 Å². The van der Waals surface area contributed by atoms with Crippen molar-refractivity contribution < 1.29 is 9.84 Å². The second kappa shape index (κ2) is 6.93. The van der Waals surface area contributed by atoms with Gasteiger partial charge in [0.1, 0.15) is 11.7 Å². The first-order valence-corrected chi connectivity index (χ1v) is 5.76. The predicted octanol–water partition coefficient (Wildman–Crippen LogP) is 0.119. The number of aliphatic hydroxyl groups is 1. The molecule has 0 aromatic carbocycles. The smallest absolute Gasteiger partial charge is 0.129 e. The molecule has 1 aromatic rings. The zero-order valence-corrected chi connectivity index (χ0v) is 10.8. The molecule has 100 valence electrons. The third-order valence-corrected chi connectivity index (χ3v) is 2.51. The number of hydrogen-bond acceptors (Lipinski definition) is 5. The average molecular weight is 252 g/mol. The molecule has 1 aromatic heterocycles. The predicted molar refractivity (Wildman–Crippen MR) is 71.2 cm³/mol. The first-order valence-electron chi connectivity index (χ1n) is 5.76. The lowest BCUT2D eigenvalue weighted by Crippen LogP contribution is -2.31. The maximum Gasteiger partial charge on any atom is 0.129 e. The fraction of sp³-hybridized carbons (Fsp3) is 0.500. The summed E-state index contributed by atoms with van der Waals surface area (Å²) in [5.74, 6) is 0.712. The van der Waals surface area contributed by atoms with Gasteiger partial charge in [0.2, 0.25) is 0 Å². The van der Waals surface area contributed by atoms with Crippen molar-refractivity contribution in [2.75, 3.05) is 38.3 Å². The van der Waals surface area contributed by atoms with Crippen molar-refractivity contribution in [2.45, 2.75) is 6.92 Å². The zero-order valence-electron chi connectivity index (χ0n) is 10.8. The SMILES string of the molecule is COCCN(CCO)c1cc(C(=N)N)cc(C)n1. The number of aromatic nitrogens is 1. The summed E-state index contributed by atoms with van der Waals surface area (Å²) in [6.07, 6.45) is 0. The maximum absolute atomic E-state index is 9.07. The summed E-state index contributed by atoms with van der Waals surface area (Å²) in [7, 11) is 1.63. The van der Waals surface area contributed by atoms with Crippen molar-refractivity contribution in [3.8, 4) is 0 Å². The molecule has 1 heterocycles. The van der Waals surface area contributed by atoms with E-state index in [1.165, 1.54) is 0 Å². The van der Waals surface area contributed by atoms with Gasteiger partial charge in [0.15, 0.2) is 0 Å². The van der Waals surface area contributed by atoms with Crippen molar-refractivity contribution >= 4 is 11.7 Å². The molecule has 0 amide bonds. The number of nitrogens with one attached hydrogen (secondary N) is 1. The van der Waals surface area contributed by atoms with Crippen LogP contribution >= 0.6 is 0 Å². The van der Waals surface area contributed by atoms with E-state index in [0.717, 1.165) is 5.69 Å². The van der Waals surface area contributed by atoms with Gasteiger partial charge in [-0.2, -0.15) is 0 Å². The van der Waals surface area contributed by atoms with Gasteiger partial charge >= 0.3 is 0 Å². The largest absolute Gasteiger partial charge is 0.395 e.